The van der Waals surface area contributed by atoms with Crippen molar-refractivity contribution in [3.05, 3.63) is 0 Å². The Balaban J connectivity index is 4.10. The second-order valence-electron chi connectivity index (χ2n) is 4.33. The summed E-state index contributed by atoms with van der Waals surface area (Å²) < 4.78 is 0. The minimum Gasteiger partial charge on any atom is -0.480 e. The highest BCUT2D eigenvalue weighted by atomic mass is 16.4. The van der Waals surface area contributed by atoms with Crippen LogP contribution >= 0.6 is 0 Å². The lowest BCUT2D eigenvalue weighted by atomic mass is 10.1. The van der Waals surface area contributed by atoms with E-state index in [1.807, 2.05) is 0 Å². The van der Waals surface area contributed by atoms with Crippen LogP contribution in [-0.2, 0) is 14.4 Å². The van der Waals surface area contributed by atoms with Crippen LogP contribution in [0.15, 0.2) is 0 Å². The van der Waals surface area contributed by atoms with Crippen LogP contribution in [0.2, 0.25) is 0 Å². The van der Waals surface area contributed by atoms with Crippen molar-refractivity contribution in [3.63, 3.8) is 0 Å². The van der Waals surface area contributed by atoms with E-state index >= 15 is 0 Å². The van der Waals surface area contributed by atoms with Gasteiger partial charge in [0.1, 0.15) is 6.04 Å². The summed E-state index contributed by atoms with van der Waals surface area (Å²) in [5.74, 6) is -2.06. The van der Waals surface area contributed by atoms with E-state index in [1.54, 1.807) is 14.1 Å². The molecule has 0 fully saturated rings. The Morgan fingerprint density at radius 2 is 1.80 bits per heavy atom. The Morgan fingerprint density at radius 1 is 1.20 bits per heavy atom. The molecule has 9 heteroatoms. The van der Waals surface area contributed by atoms with Crippen LogP contribution in [0, 0.1) is 0 Å². The number of primary amides is 1. The Bertz CT molecular complexity index is 383. The third-order valence-electron chi connectivity index (χ3n) is 2.41. The van der Waals surface area contributed by atoms with E-state index in [-0.39, 0.29) is 31.7 Å². The molecule has 4 amide bonds. The zero-order valence-corrected chi connectivity index (χ0v) is 11.5. The molecule has 1 unspecified atom stereocenters. The Kier molecular flexibility index (Phi) is 7.71. The lowest BCUT2D eigenvalue weighted by Crippen LogP contribution is -2.47. The summed E-state index contributed by atoms with van der Waals surface area (Å²) in [6, 6.07) is -1.92. The van der Waals surface area contributed by atoms with Crippen molar-refractivity contribution in [1.82, 2.24) is 15.5 Å². The molecule has 0 aliphatic rings. The molecule has 0 aromatic carbocycles. The highest BCUT2D eigenvalue weighted by Gasteiger charge is 2.20. The van der Waals surface area contributed by atoms with Crippen molar-refractivity contribution in [2.24, 2.45) is 5.73 Å². The van der Waals surface area contributed by atoms with E-state index in [0.717, 1.165) is 0 Å². The zero-order valence-electron chi connectivity index (χ0n) is 11.5. The van der Waals surface area contributed by atoms with Crippen LogP contribution in [0.4, 0.5) is 4.79 Å². The van der Waals surface area contributed by atoms with E-state index < -0.39 is 23.9 Å². The lowest BCUT2D eigenvalue weighted by molar-refractivity contribution is -0.139. The summed E-state index contributed by atoms with van der Waals surface area (Å²) >= 11 is 0. The molecule has 1 atom stereocenters. The molecular formula is C11H20N4O5. The number of hydrogen-bond acceptors (Lipinski definition) is 4. The molecule has 20 heavy (non-hydrogen) atoms. The van der Waals surface area contributed by atoms with Crippen molar-refractivity contribution in [2.75, 3.05) is 20.6 Å². The number of carboxylic acids is 1. The highest BCUT2D eigenvalue weighted by molar-refractivity contribution is 5.83. The van der Waals surface area contributed by atoms with Gasteiger partial charge in [-0.15, -0.1) is 0 Å². The van der Waals surface area contributed by atoms with Gasteiger partial charge in [-0.05, 0) is 6.42 Å². The van der Waals surface area contributed by atoms with E-state index in [4.69, 9.17) is 10.8 Å². The predicted octanol–water partition coefficient (Wildman–Crippen LogP) is -1.52. The molecule has 0 aliphatic heterocycles. The standard InChI is InChI=1S/C11H20N4O5/c1-15(2)9(17)5-6-13-11(20)14-7(10(18)19)3-4-8(12)16/h7H,3-6H2,1-2H3,(H2,12,16)(H,18,19)(H2,13,14,20). The number of nitrogens with zero attached hydrogens (tertiary/aromatic N) is 1. The number of nitrogens with two attached hydrogens (primary N) is 1. The molecule has 0 aromatic heterocycles. The Morgan fingerprint density at radius 3 is 2.25 bits per heavy atom. The molecule has 0 heterocycles. The summed E-state index contributed by atoms with van der Waals surface area (Å²) in [4.78, 5) is 45.5. The summed E-state index contributed by atoms with van der Waals surface area (Å²) in [6.07, 6.45) is -0.121. The smallest absolute Gasteiger partial charge is 0.326 e. The van der Waals surface area contributed by atoms with Crippen LogP contribution < -0.4 is 16.4 Å². The van der Waals surface area contributed by atoms with Gasteiger partial charge in [-0.2, -0.15) is 0 Å². The number of nitrogens with one attached hydrogen (secondary N) is 2. The number of carbonyl (C=O) groups is 4. The quantitative estimate of drug-likeness (QED) is 0.429. The van der Waals surface area contributed by atoms with E-state index in [1.165, 1.54) is 4.90 Å². The van der Waals surface area contributed by atoms with Crippen molar-refractivity contribution in [3.8, 4) is 0 Å². The topological polar surface area (TPSA) is 142 Å². The zero-order chi connectivity index (χ0) is 15.7. The molecule has 114 valence electrons. The third kappa shape index (κ3) is 7.90. The Labute approximate surface area is 116 Å². The van der Waals surface area contributed by atoms with Crippen molar-refractivity contribution in [1.29, 1.82) is 0 Å². The van der Waals surface area contributed by atoms with Crippen molar-refractivity contribution >= 4 is 23.8 Å². The average molecular weight is 288 g/mol. The highest BCUT2D eigenvalue weighted by Crippen LogP contribution is 1.97. The maximum Gasteiger partial charge on any atom is 0.326 e. The fraction of sp³-hybridized carbons (Fsp3) is 0.636. The number of carbonyl (C=O) groups excluding carboxylic acids is 3. The maximum absolute atomic E-state index is 11.4. The maximum atomic E-state index is 11.4. The molecule has 0 aromatic rings. The van der Waals surface area contributed by atoms with Crippen LogP contribution in [0.25, 0.3) is 0 Å². The number of amides is 4. The van der Waals surface area contributed by atoms with Gasteiger partial charge in [-0.25, -0.2) is 9.59 Å². The first-order valence-corrected chi connectivity index (χ1v) is 5.99. The molecule has 0 radical (unpaired) electrons. The number of hydrogen-bond donors (Lipinski definition) is 4. The SMILES string of the molecule is CN(C)C(=O)CCNC(=O)NC(CCC(N)=O)C(=O)O. The number of rotatable bonds is 8. The molecule has 5 N–H and O–H groups in total. The molecule has 0 bridgehead atoms. The van der Waals surface area contributed by atoms with Crippen LogP contribution in [-0.4, -0.2) is 60.5 Å². The monoisotopic (exact) mass is 288 g/mol. The summed E-state index contributed by atoms with van der Waals surface area (Å²) in [5.41, 5.74) is 4.91. The normalized spacial score (nSPS) is 11.3. The van der Waals surface area contributed by atoms with Gasteiger partial charge in [0.2, 0.25) is 11.8 Å². The molecule has 0 saturated heterocycles. The fourth-order valence-electron chi connectivity index (χ4n) is 1.26. The molecule has 9 nitrogen and oxygen atoms in total. The van der Waals surface area contributed by atoms with E-state index in [9.17, 15) is 19.2 Å². The first kappa shape index (κ1) is 17.7. The number of carboxylic acid groups (broad SMARTS) is 1. The number of urea groups is 1. The molecule has 0 saturated carbocycles. The lowest BCUT2D eigenvalue weighted by Gasteiger charge is -2.15. The first-order valence-electron chi connectivity index (χ1n) is 5.99. The summed E-state index contributed by atoms with van der Waals surface area (Å²) in [6.45, 7) is 0.0883. The second-order valence-corrected chi connectivity index (χ2v) is 4.33. The Hall–Kier alpha value is -2.32. The van der Waals surface area contributed by atoms with Gasteiger partial charge in [0.25, 0.3) is 0 Å². The van der Waals surface area contributed by atoms with E-state index in [2.05, 4.69) is 10.6 Å². The van der Waals surface area contributed by atoms with Crippen LogP contribution in [0.1, 0.15) is 19.3 Å². The largest absolute Gasteiger partial charge is 0.480 e. The second kappa shape index (κ2) is 8.73. The van der Waals surface area contributed by atoms with Gasteiger partial charge in [0.05, 0.1) is 0 Å². The first-order chi connectivity index (χ1) is 9.23. The summed E-state index contributed by atoms with van der Waals surface area (Å²) in [7, 11) is 3.18. The van der Waals surface area contributed by atoms with Gasteiger partial charge >= 0.3 is 12.0 Å². The van der Waals surface area contributed by atoms with Gasteiger partial charge in [-0.3, -0.25) is 9.59 Å². The predicted molar refractivity (Wildman–Crippen MR) is 69.7 cm³/mol. The van der Waals surface area contributed by atoms with Gasteiger partial charge in [-0.1, -0.05) is 0 Å². The van der Waals surface area contributed by atoms with Gasteiger partial charge in [0.15, 0.2) is 0 Å². The average Bonchev–Trinajstić information content (AvgIpc) is 2.33. The van der Waals surface area contributed by atoms with Gasteiger partial charge in [0, 0.05) is 33.5 Å². The molecule has 0 aliphatic carbocycles. The van der Waals surface area contributed by atoms with Gasteiger partial charge < -0.3 is 26.4 Å². The van der Waals surface area contributed by atoms with Crippen LogP contribution in [0.5, 0.6) is 0 Å². The summed E-state index contributed by atoms with van der Waals surface area (Å²) in [5, 5.41) is 13.4. The fourth-order valence-corrected chi connectivity index (χ4v) is 1.26. The molecule has 0 spiro atoms. The van der Waals surface area contributed by atoms with E-state index in [0.29, 0.717) is 0 Å². The number of aliphatic carboxylic acids is 1. The van der Waals surface area contributed by atoms with Crippen molar-refractivity contribution < 1.29 is 24.3 Å². The minimum absolute atomic E-state index is 0.0883. The third-order valence-corrected chi connectivity index (χ3v) is 2.41. The van der Waals surface area contributed by atoms with Crippen molar-refractivity contribution in [2.45, 2.75) is 25.3 Å². The van der Waals surface area contributed by atoms with Crippen LogP contribution in [0.3, 0.4) is 0 Å². The molecule has 0 rings (SSSR count). The minimum atomic E-state index is -1.26. The molecular weight excluding hydrogens is 268 g/mol.